The molecule has 1 aromatic heterocycles. The Labute approximate surface area is 162 Å². The zero-order valence-corrected chi connectivity index (χ0v) is 16.3. The molecule has 4 rings (SSSR count). The minimum Gasteiger partial charge on any atom is -0.370 e. The predicted octanol–water partition coefficient (Wildman–Crippen LogP) is 3.26. The lowest BCUT2D eigenvalue weighted by molar-refractivity contribution is 0.258. The first-order valence-corrected chi connectivity index (χ1v) is 10.3. The van der Waals surface area contributed by atoms with Crippen molar-refractivity contribution < 1.29 is 0 Å². The molecule has 0 radical (unpaired) electrons. The Morgan fingerprint density at radius 1 is 1.11 bits per heavy atom. The molecule has 1 unspecified atom stereocenters. The summed E-state index contributed by atoms with van der Waals surface area (Å²) in [5, 5.41) is 7.19. The van der Waals surface area contributed by atoms with Crippen LogP contribution in [0.2, 0.25) is 0 Å². The summed E-state index contributed by atoms with van der Waals surface area (Å²) in [4.78, 5) is 9.61. The van der Waals surface area contributed by atoms with Crippen LogP contribution in [0.3, 0.4) is 0 Å². The number of rotatable bonds is 6. The van der Waals surface area contributed by atoms with Crippen molar-refractivity contribution in [3.05, 3.63) is 53.7 Å². The van der Waals surface area contributed by atoms with Crippen LogP contribution >= 0.6 is 0 Å². The van der Waals surface area contributed by atoms with E-state index in [4.69, 9.17) is 0 Å². The van der Waals surface area contributed by atoms with Gasteiger partial charge < -0.3 is 15.5 Å². The first kappa shape index (κ1) is 18.3. The molecule has 0 saturated carbocycles. The normalized spacial score (nSPS) is 20.2. The zero-order chi connectivity index (χ0) is 18.5. The Bertz CT molecular complexity index is 739. The maximum absolute atomic E-state index is 4.47. The topological polar surface area (TPSA) is 43.4 Å². The van der Waals surface area contributed by atoms with E-state index in [-0.39, 0.29) is 0 Å². The van der Waals surface area contributed by atoms with Crippen molar-refractivity contribution in [1.29, 1.82) is 0 Å². The third-order valence-electron chi connectivity index (χ3n) is 5.72. The standard InChI is InChI=1S/C22H31N5/c1-2-12-26-13-15-27(16-14-26)21-8-4-3-6-18(21)17-25-20-9-11-24-22-19(20)7-5-10-23-22/h3-8,10,20,25H,2,9,11-17H2,1H3,(H,23,24). The summed E-state index contributed by atoms with van der Waals surface area (Å²) in [6.45, 7) is 9.94. The highest BCUT2D eigenvalue weighted by atomic mass is 15.3. The first-order valence-electron chi connectivity index (χ1n) is 10.3. The van der Waals surface area contributed by atoms with Crippen LogP contribution in [0.4, 0.5) is 11.5 Å². The van der Waals surface area contributed by atoms with E-state index in [1.165, 1.54) is 42.9 Å². The van der Waals surface area contributed by atoms with E-state index < -0.39 is 0 Å². The molecule has 3 heterocycles. The van der Waals surface area contributed by atoms with E-state index in [0.29, 0.717) is 6.04 Å². The van der Waals surface area contributed by atoms with Crippen molar-refractivity contribution in [2.75, 3.05) is 49.5 Å². The number of fused-ring (bicyclic) bond motifs is 1. The second-order valence-electron chi connectivity index (χ2n) is 7.55. The minimum absolute atomic E-state index is 0.365. The van der Waals surface area contributed by atoms with Gasteiger partial charge in [-0.15, -0.1) is 0 Å². The number of pyridine rings is 1. The maximum atomic E-state index is 4.47. The SMILES string of the molecule is CCCN1CCN(c2ccccc2CNC2CCNc3ncccc32)CC1. The summed E-state index contributed by atoms with van der Waals surface area (Å²) in [5.41, 5.74) is 4.07. The number of piperazine rings is 1. The van der Waals surface area contributed by atoms with Crippen molar-refractivity contribution in [2.45, 2.75) is 32.4 Å². The van der Waals surface area contributed by atoms with Crippen molar-refractivity contribution in [3.63, 3.8) is 0 Å². The number of nitrogens with zero attached hydrogens (tertiary/aromatic N) is 3. The van der Waals surface area contributed by atoms with Gasteiger partial charge in [-0.05, 0) is 37.1 Å². The van der Waals surface area contributed by atoms with Gasteiger partial charge in [-0.1, -0.05) is 31.2 Å². The van der Waals surface area contributed by atoms with Crippen molar-refractivity contribution in [3.8, 4) is 0 Å². The molecule has 0 bridgehead atoms. The zero-order valence-electron chi connectivity index (χ0n) is 16.3. The van der Waals surface area contributed by atoms with Gasteiger partial charge in [-0.3, -0.25) is 4.90 Å². The summed E-state index contributed by atoms with van der Waals surface area (Å²) in [7, 11) is 0. The highest BCUT2D eigenvalue weighted by molar-refractivity contribution is 5.54. The molecule has 5 heteroatoms. The molecular weight excluding hydrogens is 334 g/mol. The van der Waals surface area contributed by atoms with Gasteiger partial charge >= 0.3 is 0 Å². The number of benzene rings is 1. The first-order chi connectivity index (χ1) is 13.3. The van der Waals surface area contributed by atoms with Gasteiger partial charge in [0.1, 0.15) is 5.82 Å². The molecule has 0 amide bonds. The molecule has 2 aliphatic rings. The highest BCUT2D eigenvalue weighted by Crippen LogP contribution is 2.29. The van der Waals surface area contributed by atoms with Crippen LogP contribution in [-0.2, 0) is 6.54 Å². The lowest BCUT2D eigenvalue weighted by Gasteiger charge is -2.37. The number of para-hydroxylation sites is 1. The fourth-order valence-electron chi connectivity index (χ4n) is 4.28. The highest BCUT2D eigenvalue weighted by Gasteiger charge is 2.22. The van der Waals surface area contributed by atoms with Gasteiger partial charge in [0.15, 0.2) is 0 Å². The van der Waals surface area contributed by atoms with Crippen LogP contribution in [0.5, 0.6) is 0 Å². The molecule has 27 heavy (non-hydrogen) atoms. The van der Waals surface area contributed by atoms with E-state index in [0.717, 1.165) is 38.4 Å². The number of anilines is 2. The second-order valence-corrected chi connectivity index (χ2v) is 7.55. The molecule has 0 spiro atoms. The Balaban J connectivity index is 1.42. The Kier molecular flexibility index (Phi) is 5.90. The molecule has 0 aliphatic carbocycles. The average molecular weight is 366 g/mol. The fourth-order valence-corrected chi connectivity index (χ4v) is 4.28. The van der Waals surface area contributed by atoms with Crippen LogP contribution in [0.25, 0.3) is 0 Å². The number of nitrogens with one attached hydrogen (secondary N) is 2. The van der Waals surface area contributed by atoms with Gasteiger partial charge in [0.2, 0.25) is 0 Å². The van der Waals surface area contributed by atoms with Gasteiger partial charge in [-0.25, -0.2) is 4.98 Å². The van der Waals surface area contributed by atoms with E-state index >= 15 is 0 Å². The number of hydrogen-bond acceptors (Lipinski definition) is 5. The monoisotopic (exact) mass is 365 g/mol. The number of aromatic nitrogens is 1. The molecule has 1 atom stereocenters. The lowest BCUT2D eigenvalue weighted by atomic mass is 10.0. The maximum Gasteiger partial charge on any atom is 0.130 e. The van der Waals surface area contributed by atoms with Crippen LogP contribution in [-0.4, -0.2) is 49.2 Å². The second kappa shape index (κ2) is 8.72. The summed E-state index contributed by atoms with van der Waals surface area (Å²) in [6, 6.07) is 13.5. The van der Waals surface area contributed by atoms with Gasteiger partial charge in [-0.2, -0.15) is 0 Å². The van der Waals surface area contributed by atoms with Crippen LogP contribution in [0, 0.1) is 0 Å². The molecule has 2 N–H and O–H groups in total. The lowest BCUT2D eigenvalue weighted by Crippen LogP contribution is -2.47. The molecule has 144 valence electrons. The molecule has 1 fully saturated rings. The average Bonchev–Trinajstić information content (AvgIpc) is 2.73. The smallest absolute Gasteiger partial charge is 0.130 e. The predicted molar refractivity (Wildman–Crippen MR) is 112 cm³/mol. The Morgan fingerprint density at radius 3 is 2.81 bits per heavy atom. The fraction of sp³-hybridized carbons (Fsp3) is 0.500. The quantitative estimate of drug-likeness (QED) is 0.823. The third-order valence-corrected chi connectivity index (χ3v) is 5.72. The van der Waals surface area contributed by atoms with Gasteiger partial charge in [0.05, 0.1) is 0 Å². The van der Waals surface area contributed by atoms with E-state index in [2.05, 4.69) is 62.7 Å². The summed E-state index contributed by atoms with van der Waals surface area (Å²) in [6.07, 6.45) is 4.20. The molecule has 1 saturated heterocycles. The Morgan fingerprint density at radius 2 is 1.96 bits per heavy atom. The largest absolute Gasteiger partial charge is 0.370 e. The van der Waals surface area contributed by atoms with E-state index in [1.54, 1.807) is 0 Å². The molecule has 1 aromatic carbocycles. The molecular formula is C22H31N5. The van der Waals surface area contributed by atoms with Gasteiger partial charge in [0, 0.05) is 62.8 Å². The van der Waals surface area contributed by atoms with Crippen molar-refractivity contribution in [2.24, 2.45) is 0 Å². The van der Waals surface area contributed by atoms with Crippen LogP contribution < -0.4 is 15.5 Å². The van der Waals surface area contributed by atoms with Gasteiger partial charge in [0.25, 0.3) is 0 Å². The van der Waals surface area contributed by atoms with Crippen molar-refractivity contribution >= 4 is 11.5 Å². The van der Waals surface area contributed by atoms with E-state index in [9.17, 15) is 0 Å². The van der Waals surface area contributed by atoms with Crippen molar-refractivity contribution in [1.82, 2.24) is 15.2 Å². The molecule has 2 aliphatic heterocycles. The summed E-state index contributed by atoms with van der Waals surface area (Å²) in [5.74, 6) is 1.03. The van der Waals surface area contributed by atoms with E-state index in [1.807, 2.05) is 12.3 Å². The summed E-state index contributed by atoms with van der Waals surface area (Å²) >= 11 is 0. The Hall–Kier alpha value is -2.11. The van der Waals surface area contributed by atoms with Crippen LogP contribution in [0.15, 0.2) is 42.6 Å². The minimum atomic E-state index is 0.365. The summed E-state index contributed by atoms with van der Waals surface area (Å²) < 4.78 is 0. The third kappa shape index (κ3) is 4.25. The molecule has 5 nitrogen and oxygen atoms in total. The van der Waals surface area contributed by atoms with Crippen LogP contribution in [0.1, 0.15) is 36.9 Å². The molecule has 2 aromatic rings. The number of hydrogen-bond donors (Lipinski definition) is 2.